The third kappa shape index (κ3) is 4.19. The molecule has 3 N–H and O–H groups in total. The van der Waals surface area contributed by atoms with E-state index in [0.29, 0.717) is 18.8 Å². The summed E-state index contributed by atoms with van der Waals surface area (Å²) < 4.78 is 5.77. The van der Waals surface area contributed by atoms with Crippen LogP contribution in [0.1, 0.15) is 32.6 Å². The smallest absolute Gasteiger partial charge is 0.227 e. The molecule has 7 heteroatoms. The van der Waals surface area contributed by atoms with E-state index in [1.54, 1.807) is 18.6 Å². The Balaban J connectivity index is 1.56. The van der Waals surface area contributed by atoms with Crippen LogP contribution in [0.3, 0.4) is 0 Å². The lowest BCUT2D eigenvalue weighted by atomic mass is 9.73. The second-order valence-corrected chi connectivity index (χ2v) is 7.66. The van der Waals surface area contributed by atoms with Crippen LogP contribution >= 0.6 is 0 Å². The molecule has 2 aromatic heterocycles. The Morgan fingerprint density at radius 1 is 1.38 bits per heavy atom. The molecule has 150 valence electrons. The number of nitrogens with two attached hydrogens (primary N) is 1. The van der Waals surface area contributed by atoms with Crippen LogP contribution < -0.4 is 11.1 Å². The highest BCUT2D eigenvalue weighted by atomic mass is 16.5. The highest BCUT2D eigenvalue weighted by Crippen LogP contribution is 2.40. The Bertz CT molecular complexity index is 951. The minimum atomic E-state index is -0.766. The second kappa shape index (κ2) is 8.13. The lowest BCUT2D eigenvalue weighted by Crippen LogP contribution is -2.40. The van der Waals surface area contributed by atoms with Crippen molar-refractivity contribution in [3.63, 3.8) is 0 Å². The van der Waals surface area contributed by atoms with E-state index < -0.39 is 5.41 Å². The number of primary amides is 1. The molecule has 2 aromatic rings. The molecule has 29 heavy (non-hydrogen) atoms. The van der Waals surface area contributed by atoms with Crippen LogP contribution in [0.2, 0.25) is 0 Å². The summed E-state index contributed by atoms with van der Waals surface area (Å²) in [6.45, 7) is 2.75. The Kier molecular flexibility index (Phi) is 5.40. The molecule has 1 aliphatic carbocycles. The van der Waals surface area contributed by atoms with E-state index >= 15 is 0 Å². The quantitative estimate of drug-likeness (QED) is 0.784. The van der Waals surface area contributed by atoms with Crippen molar-refractivity contribution < 1.29 is 9.53 Å². The molecule has 0 saturated carbocycles. The normalized spacial score (nSPS) is 24.0. The maximum Gasteiger partial charge on any atom is 0.227 e. The molecule has 2 atom stereocenters. The van der Waals surface area contributed by atoms with Crippen molar-refractivity contribution in [2.45, 2.75) is 38.7 Å². The van der Waals surface area contributed by atoms with E-state index in [1.807, 2.05) is 37.3 Å². The van der Waals surface area contributed by atoms with Crippen LogP contribution in [0.15, 0.2) is 60.2 Å². The molecule has 0 aromatic carbocycles. The van der Waals surface area contributed by atoms with Crippen LogP contribution in [-0.4, -0.2) is 33.6 Å². The van der Waals surface area contributed by atoms with Crippen LogP contribution in [0, 0.1) is 5.41 Å². The summed E-state index contributed by atoms with van der Waals surface area (Å²) in [5.41, 5.74) is 8.70. The van der Waals surface area contributed by atoms with Crippen molar-refractivity contribution in [3.05, 3.63) is 60.2 Å². The van der Waals surface area contributed by atoms with Gasteiger partial charge in [-0.3, -0.25) is 9.78 Å². The zero-order valence-corrected chi connectivity index (χ0v) is 16.5. The molecule has 1 aliphatic heterocycles. The van der Waals surface area contributed by atoms with Crippen LogP contribution in [0.25, 0.3) is 11.3 Å². The molecule has 3 heterocycles. The lowest BCUT2D eigenvalue weighted by Gasteiger charge is -2.34. The van der Waals surface area contributed by atoms with Crippen molar-refractivity contribution in [2.24, 2.45) is 11.1 Å². The van der Waals surface area contributed by atoms with Gasteiger partial charge in [0.2, 0.25) is 11.9 Å². The SMILES string of the molecule is CC1=C(Nc2nccc(-c3cccnc3)n2)CC(CC2CCCO2)(C(N)=O)C=C1. The number of nitrogens with zero attached hydrogens (tertiary/aromatic N) is 3. The van der Waals surface area contributed by atoms with E-state index in [1.165, 1.54) is 0 Å². The average Bonchev–Trinajstić information content (AvgIpc) is 3.24. The molecule has 0 bridgehead atoms. The average molecular weight is 391 g/mol. The van der Waals surface area contributed by atoms with Crippen LogP contribution in [-0.2, 0) is 9.53 Å². The number of pyridine rings is 1. The van der Waals surface area contributed by atoms with Gasteiger partial charge in [-0.2, -0.15) is 0 Å². The highest BCUT2D eigenvalue weighted by Gasteiger charge is 2.40. The number of aromatic nitrogens is 3. The van der Waals surface area contributed by atoms with E-state index in [0.717, 1.165) is 42.0 Å². The minimum Gasteiger partial charge on any atom is -0.378 e. The molecule has 1 saturated heterocycles. The summed E-state index contributed by atoms with van der Waals surface area (Å²) in [7, 11) is 0. The number of ether oxygens (including phenoxy) is 1. The zero-order valence-electron chi connectivity index (χ0n) is 16.5. The number of nitrogens with one attached hydrogen (secondary N) is 1. The number of carbonyl (C=O) groups excluding carboxylic acids is 1. The molecule has 2 unspecified atom stereocenters. The molecule has 1 amide bonds. The third-order valence-electron chi connectivity index (χ3n) is 5.60. The third-order valence-corrected chi connectivity index (χ3v) is 5.60. The van der Waals surface area contributed by atoms with Gasteiger partial charge in [0.1, 0.15) is 0 Å². The zero-order chi connectivity index (χ0) is 20.3. The van der Waals surface area contributed by atoms with Gasteiger partial charge in [-0.25, -0.2) is 9.97 Å². The first kappa shape index (κ1) is 19.3. The summed E-state index contributed by atoms with van der Waals surface area (Å²) in [5.74, 6) is 0.146. The molecule has 0 spiro atoms. The Morgan fingerprint density at radius 2 is 2.28 bits per heavy atom. The summed E-state index contributed by atoms with van der Waals surface area (Å²) in [5, 5.41) is 3.31. The Morgan fingerprint density at radius 3 is 3.00 bits per heavy atom. The number of hydrogen-bond acceptors (Lipinski definition) is 6. The standard InChI is InChI=1S/C22H25N5O2/c1-15-6-8-22(20(23)28,12-17-5-3-11-29-17)13-19(15)27-21-25-10-7-18(26-21)16-4-2-9-24-14-16/h2,4,6-10,14,17H,3,5,11-13H2,1H3,(H2,23,28)(H,25,26,27). The monoisotopic (exact) mass is 391 g/mol. The van der Waals surface area contributed by atoms with Crippen molar-refractivity contribution in [3.8, 4) is 11.3 Å². The number of amides is 1. The van der Waals surface area contributed by atoms with E-state index in [2.05, 4.69) is 20.3 Å². The predicted octanol–water partition coefficient (Wildman–Crippen LogP) is 3.23. The summed E-state index contributed by atoms with van der Waals surface area (Å²) >= 11 is 0. The molecule has 1 fully saturated rings. The first-order valence-corrected chi connectivity index (χ1v) is 9.87. The largest absolute Gasteiger partial charge is 0.378 e. The van der Waals surface area contributed by atoms with Gasteiger partial charge in [0.15, 0.2) is 0 Å². The summed E-state index contributed by atoms with van der Waals surface area (Å²) in [6.07, 6.45) is 12.2. The molecule has 4 rings (SSSR count). The number of anilines is 1. The van der Waals surface area contributed by atoms with Gasteiger partial charge >= 0.3 is 0 Å². The number of carbonyl (C=O) groups is 1. The summed E-state index contributed by atoms with van der Waals surface area (Å²) in [6, 6.07) is 5.66. The van der Waals surface area contributed by atoms with Crippen LogP contribution in [0.5, 0.6) is 0 Å². The fourth-order valence-electron chi connectivity index (χ4n) is 3.89. The maximum atomic E-state index is 12.4. The molecular weight excluding hydrogens is 366 g/mol. The Hall–Kier alpha value is -3.06. The fraction of sp³-hybridized carbons (Fsp3) is 0.364. The number of allylic oxidation sites excluding steroid dienone is 3. The summed E-state index contributed by atoms with van der Waals surface area (Å²) in [4.78, 5) is 25.5. The van der Waals surface area contributed by atoms with Crippen LogP contribution in [0.4, 0.5) is 5.95 Å². The number of rotatable bonds is 6. The van der Waals surface area contributed by atoms with Gasteiger partial charge < -0.3 is 15.8 Å². The van der Waals surface area contributed by atoms with Gasteiger partial charge in [-0.15, -0.1) is 0 Å². The second-order valence-electron chi connectivity index (χ2n) is 7.66. The lowest BCUT2D eigenvalue weighted by molar-refractivity contribution is -0.127. The first-order chi connectivity index (χ1) is 14.1. The maximum absolute atomic E-state index is 12.4. The predicted molar refractivity (Wildman–Crippen MR) is 111 cm³/mol. The van der Waals surface area contributed by atoms with E-state index in [-0.39, 0.29) is 12.0 Å². The highest BCUT2D eigenvalue weighted by molar-refractivity contribution is 5.84. The van der Waals surface area contributed by atoms with Gasteiger partial charge in [0, 0.05) is 42.9 Å². The molecular formula is C22H25N5O2. The topological polar surface area (TPSA) is 103 Å². The minimum absolute atomic E-state index is 0.0666. The molecule has 7 nitrogen and oxygen atoms in total. The Labute approximate surface area is 170 Å². The fourth-order valence-corrected chi connectivity index (χ4v) is 3.89. The number of hydrogen-bond donors (Lipinski definition) is 2. The van der Waals surface area contributed by atoms with Crippen molar-refractivity contribution in [1.82, 2.24) is 15.0 Å². The van der Waals surface area contributed by atoms with Gasteiger partial charge in [0.05, 0.1) is 17.2 Å². The van der Waals surface area contributed by atoms with Gasteiger partial charge in [0.25, 0.3) is 0 Å². The van der Waals surface area contributed by atoms with Crippen molar-refractivity contribution in [2.75, 3.05) is 11.9 Å². The van der Waals surface area contributed by atoms with E-state index in [4.69, 9.17) is 10.5 Å². The molecule has 0 radical (unpaired) electrons. The van der Waals surface area contributed by atoms with Gasteiger partial charge in [-0.05, 0) is 50.0 Å². The van der Waals surface area contributed by atoms with Crippen molar-refractivity contribution in [1.29, 1.82) is 0 Å². The molecule has 2 aliphatic rings. The van der Waals surface area contributed by atoms with Gasteiger partial charge in [-0.1, -0.05) is 12.2 Å². The van der Waals surface area contributed by atoms with Crippen molar-refractivity contribution >= 4 is 11.9 Å². The first-order valence-electron chi connectivity index (χ1n) is 9.87. The van der Waals surface area contributed by atoms with E-state index in [9.17, 15) is 4.79 Å².